The average molecular weight is 484 g/mol. The van der Waals surface area contributed by atoms with Gasteiger partial charge in [-0.25, -0.2) is 9.59 Å². The molecule has 7 nitrogen and oxygen atoms in total. The van der Waals surface area contributed by atoms with Crippen LogP contribution in [-0.4, -0.2) is 68.5 Å². The quantitative estimate of drug-likeness (QED) is 0.400. The van der Waals surface area contributed by atoms with Crippen LogP contribution in [0.25, 0.3) is 0 Å². The van der Waals surface area contributed by atoms with E-state index in [1.807, 2.05) is 7.05 Å². The molecule has 1 N–H and O–H groups in total. The van der Waals surface area contributed by atoms with Gasteiger partial charge < -0.3 is 24.4 Å². The molecule has 1 fully saturated rings. The van der Waals surface area contributed by atoms with Gasteiger partial charge in [-0.2, -0.15) is 26.3 Å². The Balaban J connectivity index is 1.96. The second-order valence-electron chi connectivity index (χ2n) is 7.89. The molecule has 184 valence electrons. The van der Waals surface area contributed by atoms with E-state index in [0.717, 1.165) is 32.0 Å². The number of carbonyl (C=O) groups excluding carboxylic acids is 2. The molecule has 1 aromatic carbocycles. The van der Waals surface area contributed by atoms with Crippen LogP contribution in [0, 0.1) is 0 Å². The lowest BCUT2D eigenvalue weighted by atomic mass is 9.97. The van der Waals surface area contributed by atoms with E-state index in [9.17, 15) is 35.9 Å². The lowest BCUT2D eigenvalue weighted by Crippen LogP contribution is -2.49. The third-order valence-corrected chi connectivity index (χ3v) is 5.36. The van der Waals surface area contributed by atoms with Gasteiger partial charge in [0.1, 0.15) is 11.9 Å². The molecule has 1 aromatic rings. The van der Waals surface area contributed by atoms with Gasteiger partial charge in [-0.1, -0.05) is 0 Å². The highest BCUT2D eigenvalue weighted by Gasteiger charge is 2.54. The molecular formula is C20H22F6N2O5. The maximum atomic E-state index is 12.9. The number of fused-ring (bicyclic) bond motifs is 1. The van der Waals surface area contributed by atoms with Gasteiger partial charge in [-0.15, -0.1) is 0 Å². The molecule has 3 rings (SSSR count). The molecule has 1 saturated heterocycles. The number of likely N-dealkylation sites (tertiary alicyclic amines) is 1. The van der Waals surface area contributed by atoms with Crippen molar-refractivity contribution in [3.05, 3.63) is 29.3 Å². The SMILES string of the molecule is CN1CCC(Oc2ccc3c(c2)CCNCC3(OC(=O)C(F)(F)F)OC(=O)C(F)(F)F)CC1. The average Bonchev–Trinajstić information content (AvgIpc) is 2.88. The highest BCUT2D eigenvalue weighted by atomic mass is 19.4. The fraction of sp³-hybridized carbons (Fsp3) is 0.600. The summed E-state index contributed by atoms with van der Waals surface area (Å²) in [6.45, 7) is 0.922. The maximum absolute atomic E-state index is 12.9. The van der Waals surface area contributed by atoms with Crippen LogP contribution in [0.2, 0.25) is 0 Å². The standard InChI is InChI=1S/C20H22F6N2O5/c1-28-8-5-13(6-9-28)31-14-2-3-15-12(10-14)4-7-27-11-18(15,32-16(29)19(21,22)23)33-17(30)20(24,25)26/h2-3,10,13,27H,4-9,11H2,1H3. The van der Waals surface area contributed by atoms with Gasteiger partial charge in [0.25, 0.3) is 5.79 Å². The van der Waals surface area contributed by atoms with E-state index in [4.69, 9.17) is 4.74 Å². The third-order valence-electron chi connectivity index (χ3n) is 5.36. The molecule has 2 heterocycles. The minimum atomic E-state index is -5.53. The number of hydrogen-bond donors (Lipinski definition) is 1. The first-order valence-electron chi connectivity index (χ1n) is 10.1. The Labute approximate surface area is 184 Å². The summed E-state index contributed by atoms with van der Waals surface area (Å²) < 4.78 is 92.1. The minimum absolute atomic E-state index is 0.111. The van der Waals surface area contributed by atoms with Crippen LogP contribution in [0.5, 0.6) is 5.75 Å². The van der Waals surface area contributed by atoms with Crippen molar-refractivity contribution in [2.75, 3.05) is 33.2 Å². The van der Waals surface area contributed by atoms with Crippen molar-refractivity contribution in [3.63, 3.8) is 0 Å². The molecule has 0 bridgehead atoms. The second kappa shape index (κ2) is 9.37. The Morgan fingerprint density at radius 3 is 2.15 bits per heavy atom. The molecule has 0 aromatic heterocycles. The van der Waals surface area contributed by atoms with Crippen molar-refractivity contribution in [2.24, 2.45) is 0 Å². The molecule has 2 aliphatic heterocycles. The molecular weight excluding hydrogens is 462 g/mol. The van der Waals surface area contributed by atoms with E-state index in [1.165, 1.54) is 12.1 Å². The van der Waals surface area contributed by atoms with Gasteiger partial charge in [0.2, 0.25) is 0 Å². The van der Waals surface area contributed by atoms with Gasteiger partial charge in [0, 0.05) is 18.7 Å². The van der Waals surface area contributed by atoms with Crippen LogP contribution in [0.15, 0.2) is 18.2 Å². The van der Waals surface area contributed by atoms with Gasteiger partial charge in [0.15, 0.2) is 0 Å². The van der Waals surface area contributed by atoms with Crippen LogP contribution in [0.1, 0.15) is 24.0 Å². The van der Waals surface area contributed by atoms with E-state index < -0.39 is 36.6 Å². The molecule has 0 atom stereocenters. The molecule has 0 aliphatic carbocycles. The molecule has 0 unspecified atom stereocenters. The number of piperidine rings is 1. The van der Waals surface area contributed by atoms with Crippen molar-refractivity contribution in [3.8, 4) is 5.75 Å². The predicted octanol–water partition coefficient (Wildman–Crippen LogP) is 2.67. The van der Waals surface area contributed by atoms with Gasteiger partial charge in [0.05, 0.1) is 6.54 Å². The van der Waals surface area contributed by atoms with E-state index in [0.29, 0.717) is 5.75 Å². The highest BCUT2D eigenvalue weighted by molar-refractivity contribution is 5.78. The smallest absolute Gasteiger partial charge is 0.490 e. The number of nitrogens with one attached hydrogen (secondary N) is 1. The number of esters is 2. The van der Waals surface area contributed by atoms with Gasteiger partial charge in [-0.05, 0) is 56.6 Å². The number of nitrogens with zero attached hydrogens (tertiary/aromatic N) is 1. The summed E-state index contributed by atoms with van der Waals surface area (Å²) in [7, 11) is 1.97. The lowest BCUT2D eigenvalue weighted by molar-refractivity contribution is -0.275. The van der Waals surface area contributed by atoms with E-state index in [1.54, 1.807) is 0 Å². The molecule has 13 heteroatoms. The molecule has 33 heavy (non-hydrogen) atoms. The van der Waals surface area contributed by atoms with E-state index in [-0.39, 0.29) is 30.2 Å². The van der Waals surface area contributed by atoms with Crippen LogP contribution < -0.4 is 10.1 Å². The number of alkyl halides is 6. The fourth-order valence-corrected chi connectivity index (χ4v) is 3.71. The number of benzene rings is 1. The Morgan fingerprint density at radius 1 is 1.03 bits per heavy atom. The second-order valence-corrected chi connectivity index (χ2v) is 7.89. The molecule has 0 amide bonds. The summed E-state index contributed by atoms with van der Waals surface area (Å²) in [4.78, 5) is 25.3. The summed E-state index contributed by atoms with van der Waals surface area (Å²) >= 11 is 0. The van der Waals surface area contributed by atoms with Crippen molar-refractivity contribution in [1.82, 2.24) is 10.2 Å². The Kier molecular flexibility index (Phi) is 7.13. The van der Waals surface area contributed by atoms with Crippen molar-refractivity contribution in [1.29, 1.82) is 0 Å². The summed E-state index contributed by atoms with van der Waals surface area (Å²) in [5.41, 5.74) is -0.0891. The topological polar surface area (TPSA) is 77.1 Å². The van der Waals surface area contributed by atoms with E-state index >= 15 is 0 Å². The highest BCUT2D eigenvalue weighted by Crippen LogP contribution is 2.38. The summed E-state index contributed by atoms with van der Waals surface area (Å²) in [6, 6.07) is 3.93. The van der Waals surface area contributed by atoms with E-state index in [2.05, 4.69) is 19.7 Å². The Hall–Kier alpha value is -2.54. The minimum Gasteiger partial charge on any atom is -0.490 e. The largest absolute Gasteiger partial charge is 0.491 e. The zero-order valence-electron chi connectivity index (χ0n) is 17.5. The summed E-state index contributed by atoms with van der Waals surface area (Å²) in [6.07, 6.45) is -9.53. The molecule has 0 radical (unpaired) electrons. The first-order chi connectivity index (χ1) is 15.3. The zero-order chi connectivity index (χ0) is 24.4. The Morgan fingerprint density at radius 2 is 1.61 bits per heavy atom. The molecule has 0 saturated carbocycles. The first-order valence-corrected chi connectivity index (χ1v) is 10.1. The summed E-state index contributed by atoms with van der Waals surface area (Å²) in [5, 5.41) is 2.57. The van der Waals surface area contributed by atoms with Crippen LogP contribution in [-0.2, 0) is 31.3 Å². The monoisotopic (exact) mass is 484 g/mol. The number of halogens is 6. The van der Waals surface area contributed by atoms with Crippen LogP contribution in [0.4, 0.5) is 26.3 Å². The van der Waals surface area contributed by atoms with Crippen molar-refractivity contribution in [2.45, 2.75) is 43.5 Å². The zero-order valence-corrected chi connectivity index (χ0v) is 17.5. The molecule has 0 spiro atoms. The molecule has 2 aliphatic rings. The number of carbonyl (C=O) groups is 2. The summed E-state index contributed by atoms with van der Waals surface area (Å²) in [5.74, 6) is -8.21. The van der Waals surface area contributed by atoms with Gasteiger partial charge >= 0.3 is 24.3 Å². The van der Waals surface area contributed by atoms with Crippen LogP contribution >= 0.6 is 0 Å². The lowest BCUT2D eigenvalue weighted by Gasteiger charge is -2.34. The fourth-order valence-electron chi connectivity index (χ4n) is 3.71. The van der Waals surface area contributed by atoms with Crippen LogP contribution in [0.3, 0.4) is 0 Å². The first kappa shape index (κ1) is 25.1. The maximum Gasteiger partial charge on any atom is 0.491 e. The number of ether oxygens (including phenoxy) is 3. The Bertz CT molecular complexity index is 853. The van der Waals surface area contributed by atoms with Crippen molar-refractivity contribution >= 4 is 11.9 Å². The van der Waals surface area contributed by atoms with Crippen molar-refractivity contribution < 1.29 is 50.1 Å². The third kappa shape index (κ3) is 6.08. The number of hydrogen-bond acceptors (Lipinski definition) is 7. The normalized spacial score (nSPS) is 19.8. The van der Waals surface area contributed by atoms with Gasteiger partial charge in [-0.3, -0.25) is 0 Å². The predicted molar refractivity (Wildman–Crippen MR) is 100 cm³/mol. The number of rotatable bonds is 4.